The molecule has 0 saturated heterocycles. The summed E-state index contributed by atoms with van der Waals surface area (Å²) in [5.74, 6) is 5.15. The van der Waals surface area contributed by atoms with Crippen molar-refractivity contribution in [2.24, 2.45) is 5.84 Å². The average Bonchev–Trinajstić information content (AvgIpc) is 1.84. The lowest BCUT2D eigenvalue weighted by atomic mass is 10.2. The number of nitrogens with two attached hydrogens (primary N) is 1. The van der Waals surface area contributed by atoms with Crippen LogP contribution in [0.15, 0.2) is 0 Å². The summed E-state index contributed by atoms with van der Waals surface area (Å²) in [6.45, 7) is 4.33. The molecule has 0 radical (unpaired) electrons. The molecule has 12 heavy (non-hydrogen) atoms. The molecular formula is C7H15FN2O2. The number of carbonyl (C=O) groups excluding carboxylic acids is 1. The van der Waals surface area contributed by atoms with Gasteiger partial charge in [0.15, 0.2) is 0 Å². The molecule has 0 aromatic rings. The zero-order chi connectivity index (χ0) is 9.78. The van der Waals surface area contributed by atoms with Gasteiger partial charge in [-0.05, 0) is 20.8 Å². The minimum atomic E-state index is -0.708. The fourth-order valence-corrected chi connectivity index (χ4v) is 0.503. The molecular weight excluding hydrogens is 163 g/mol. The van der Waals surface area contributed by atoms with Crippen LogP contribution in [0, 0.1) is 0 Å². The highest BCUT2D eigenvalue weighted by atomic mass is 19.1. The molecule has 0 unspecified atom stereocenters. The normalized spacial score (nSPS) is 11.1. The van der Waals surface area contributed by atoms with Crippen LogP contribution in [0.4, 0.5) is 9.18 Å². The minimum absolute atomic E-state index is 0.144. The summed E-state index contributed by atoms with van der Waals surface area (Å²) in [7, 11) is 0. The van der Waals surface area contributed by atoms with E-state index in [1.807, 2.05) is 0 Å². The summed E-state index contributed by atoms with van der Waals surface area (Å²) in [6, 6.07) is 0. The maximum absolute atomic E-state index is 11.7. The molecule has 0 rings (SSSR count). The fourth-order valence-electron chi connectivity index (χ4n) is 0.503. The van der Waals surface area contributed by atoms with E-state index in [1.54, 1.807) is 20.8 Å². The van der Waals surface area contributed by atoms with E-state index >= 15 is 0 Å². The fraction of sp³-hybridized carbons (Fsp3) is 0.857. The second kappa shape index (κ2) is 4.25. The minimum Gasteiger partial charge on any atom is -0.443 e. The van der Waals surface area contributed by atoms with Crippen LogP contribution in [0.3, 0.4) is 0 Å². The summed E-state index contributed by atoms with van der Waals surface area (Å²) >= 11 is 0. The highest BCUT2D eigenvalue weighted by Gasteiger charge is 2.19. The Hall–Kier alpha value is -0.840. The summed E-state index contributed by atoms with van der Waals surface area (Å²) in [5.41, 5.74) is -0.592. The van der Waals surface area contributed by atoms with Gasteiger partial charge in [-0.15, -0.1) is 0 Å². The highest BCUT2D eigenvalue weighted by molar-refractivity contribution is 5.67. The van der Waals surface area contributed by atoms with Crippen molar-refractivity contribution in [1.82, 2.24) is 5.01 Å². The average molecular weight is 178 g/mol. The van der Waals surface area contributed by atoms with Gasteiger partial charge in [-0.1, -0.05) is 0 Å². The number of rotatable bonds is 2. The molecule has 0 aliphatic heterocycles. The van der Waals surface area contributed by atoms with E-state index in [-0.39, 0.29) is 6.54 Å². The van der Waals surface area contributed by atoms with Gasteiger partial charge in [-0.25, -0.2) is 20.0 Å². The molecule has 0 atom stereocenters. The predicted molar refractivity (Wildman–Crippen MR) is 43.1 cm³/mol. The van der Waals surface area contributed by atoms with Gasteiger partial charge >= 0.3 is 6.09 Å². The van der Waals surface area contributed by atoms with Gasteiger partial charge in [-0.3, -0.25) is 0 Å². The molecule has 4 nitrogen and oxygen atoms in total. The van der Waals surface area contributed by atoms with Crippen molar-refractivity contribution in [3.05, 3.63) is 0 Å². The van der Waals surface area contributed by atoms with Crippen LogP contribution in [0.1, 0.15) is 20.8 Å². The Morgan fingerprint density at radius 3 is 2.42 bits per heavy atom. The summed E-state index contributed by atoms with van der Waals surface area (Å²) in [4.78, 5) is 11.0. The van der Waals surface area contributed by atoms with Crippen LogP contribution in [-0.2, 0) is 4.74 Å². The number of nitrogens with zero attached hydrogens (tertiary/aromatic N) is 1. The van der Waals surface area contributed by atoms with Crippen molar-refractivity contribution in [3.63, 3.8) is 0 Å². The first-order chi connectivity index (χ1) is 5.37. The van der Waals surface area contributed by atoms with Crippen LogP contribution in [-0.4, -0.2) is 29.9 Å². The van der Waals surface area contributed by atoms with Gasteiger partial charge in [0.05, 0.1) is 6.54 Å². The third kappa shape index (κ3) is 4.90. The topological polar surface area (TPSA) is 55.6 Å². The van der Waals surface area contributed by atoms with E-state index in [9.17, 15) is 9.18 Å². The Labute approximate surface area is 71.4 Å². The molecule has 2 N–H and O–H groups in total. The van der Waals surface area contributed by atoms with Gasteiger partial charge in [0.2, 0.25) is 0 Å². The molecule has 1 amide bonds. The quantitative estimate of drug-likeness (QED) is 0.391. The van der Waals surface area contributed by atoms with Crippen molar-refractivity contribution >= 4 is 6.09 Å². The van der Waals surface area contributed by atoms with Gasteiger partial charge in [0.1, 0.15) is 12.3 Å². The molecule has 72 valence electrons. The van der Waals surface area contributed by atoms with Gasteiger partial charge in [0.25, 0.3) is 0 Å². The third-order valence-corrected chi connectivity index (χ3v) is 0.953. The number of ether oxygens (including phenoxy) is 1. The maximum atomic E-state index is 11.7. The van der Waals surface area contributed by atoms with E-state index < -0.39 is 18.4 Å². The Kier molecular flexibility index (Phi) is 3.95. The number of alkyl halides is 1. The number of carbonyl (C=O) groups is 1. The second-order valence-corrected chi connectivity index (χ2v) is 3.36. The summed E-state index contributed by atoms with van der Waals surface area (Å²) in [6.07, 6.45) is -0.708. The number of amides is 1. The van der Waals surface area contributed by atoms with Crippen LogP contribution in [0.2, 0.25) is 0 Å². The van der Waals surface area contributed by atoms with Crippen molar-refractivity contribution in [3.8, 4) is 0 Å². The second-order valence-electron chi connectivity index (χ2n) is 3.36. The number of hydrogen-bond donors (Lipinski definition) is 1. The Balaban J connectivity index is 3.87. The molecule has 0 bridgehead atoms. The van der Waals surface area contributed by atoms with Crippen molar-refractivity contribution in [2.45, 2.75) is 26.4 Å². The zero-order valence-corrected chi connectivity index (χ0v) is 7.63. The van der Waals surface area contributed by atoms with Crippen LogP contribution in [0.5, 0.6) is 0 Å². The molecule has 0 fully saturated rings. The molecule has 0 aliphatic rings. The van der Waals surface area contributed by atoms with E-state index in [1.165, 1.54) is 0 Å². The summed E-state index contributed by atoms with van der Waals surface area (Å²) < 4.78 is 16.6. The first kappa shape index (κ1) is 11.2. The molecule has 5 heteroatoms. The summed E-state index contributed by atoms with van der Waals surface area (Å²) in [5, 5.41) is 0.714. The van der Waals surface area contributed by atoms with Crippen molar-refractivity contribution in [2.75, 3.05) is 13.2 Å². The molecule has 0 heterocycles. The molecule has 0 spiro atoms. The van der Waals surface area contributed by atoms with E-state index in [4.69, 9.17) is 10.6 Å². The predicted octanol–water partition coefficient (Wildman–Crippen LogP) is 1.07. The molecule has 0 aromatic heterocycles. The van der Waals surface area contributed by atoms with Crippen molar-refractivity contribution in [1.29, 1.82) is 0 Å². The van der Waals surface area contributed by atoms with E-state index in [0.717, 1.165) is 0 Å². The van der Waals surface area contributed by atoms with Crippen molar-refractivity contribution < 1.29 is 13.9 Å². The maximum Gasteiger partial charge on any atom is 0.424 e. The van der Waals surface area contributed by atoms with Gasteiger partial charge in [0, 0.05) is 0 Å². The monoisotopic (exact) mass is 178 g/mol. The lowest BCUT2D eigenvalue weighted by molar-refractivity contribution is 0.0237. The standard InChI is InChI=1S/C7H15FN2O2/c1-7(2,3)12-6(11)10(9)5-4-8/h4-5,9H2,1-3H3. The van der Waals surface area contributed by atoms with E-state index in [2.05, 4.69) is 0 Å². The Morgan fingerprint density at radius 1 is 1.58 bits per heavy atom. The molecule has 0 aromatic carbocycles. The van der Waals surface area contributed by atoms with Gasteiger partial charge < -0.3 is 4.74 Å². The third-order valence-electron chi connectivity index (χ3n) is 0.953. The number of halogens is 1. The van der Waals surface area contributed by atoms with Gasteiger partial charge in [-0.2, -0.15) is 0 Å². The van der Waals surface area contributed by atoms with Crippen LogP contribution < -0.4 is 5.84 Å². The zero-order valence-electron chi connectivity index (χ0n) is 7.63. The Morgan fingerprint density at radius 2 is 2.08 bits per heavy atom. The number of hydrazine groups is 1. The first-order valence-electron chi connectivity index (χ1n) is 3.68. The largest absolute Gasteiger partial charge is 0.443 e. The van der Waals surface area contributed by atoms with E-state index in [0.29, 0.717) is 5.01 Å². The van der Waals surface area contributed by atoms with Crippen LogP contribution in [0.25, 0.3) is 0 Å². The number of hydrogen-bond acceptors (Lipinski definition) is 3. The first-order valence-corrected chi connectivity index (χ1v) is 3.68. The SMILES string of the molecule is CC(C)(C)OC(=O)N(N)CCF. The molecule has 0 saturated carbocycles. The lowest BCUT2D eigenvalue weighted by Crippen LogP contribution is -2.42. The smallest absolute Gasteiger partial charge is 0.424 e. The molecule has 0 aliphatic carbocycles. The lowest BCUT2D eigenvalue weighted by Gasteiger charge is -2.23. The Bertz CT molecular complexity index is 156. The van der Waals surface area contributed by atoms with Crippen LogP contribution >= 0.6 is 0 Å². The highest BCUT2D eigenvalue weighted by Crippen LogP contribution is 2.07.